The number of Topliss-reactive ketones (excluding diaryl/α,β-unsaturated/α-hetero) is 1. The van der Waals surface area contributed by atoms with Crippen molar-refractivity contribution in [3.05, 3.63) is 47.5 Å². The molecular formula is C22H26N2O3. The predicted octanol–water partition coefficient (Wildman–Crippen LogP) is 3.51. The van der Waals surface area contributed by atoms with Crippen LogP contribution in [0.25, 0.3) is 0 Å². The first-order valence-corrected chi connectivity index (χ1v) is 9.57. The Bertz CT molecular complexity index is 858. The molecule has 1 aromatic rings. The summed E-state index contributed by atoms with van der Waals surface area (Å²) in [4.78, 5) is 41.5. The molecule has 5 heteroatoms. The molecule has 2 fully saturated rings. The fraction of sp³-hybridized carbons (Fsp3) is 0.500. The number of carbonyl (C=O) groups excluding carboxylic acids is 3. The Balaban J connectivity index is 1.63. The van der Waals surface area contributed by atoms with Crippen LogP contribution in [0.3, 0.4) is 0 Å². The monoisotopic (exact) mass is 366 g/mol. The number of ketones is 1. The van der Waals surface area contributed by atoms with Crippen molar-refractivity contribution in [3.63, 3.8) is 0 Å². The number of likely N-dealkylation sites (N-methyl/N-ethyl adjacent to an activating group) is 1. The van der Waals surface area contributed by atoms with E-state index in [4.69, 9.17) is 0 Å². The van der Waals surface area contributed by atoms with E-state index in [0.29, 0.717) is 17.4 Å². The molecular weight excluding hydrogens is 340 g/mol. The number of hydrogen-bond acceptors (Lipinski definition) is 3. The third kappa shape index (κ3) is 2.33. The molecule has 0 spiro atoms. The van der Waals surface area contributed by atoms with E-state index in [1.54, 1.807) is 31.3 Å². The molecule has 0 radical (unpaired) electrons. The van der Waals surface area contributed by atoms with Gasteiger partial charge in [-0.3, -0.25) is 14.5 Å². The molecule has 4 aliphatic rings. The summed E-state index contributed by atoms with van der Waals surface area (Å²) in [5.74, 6) is 0.455. The fourth-order valence-electron chi connectivity index (χ4n) is 5.07. The first-order chi connectivity index (χ1) is 12.7. The number of hydrogen-bond donors (Lipinski definition) is 0. The summed E-state index contributed by atoms with van der Waals surface area (Å²) in [7, 11) is 1.67. The van der Waals surface area contributed by atoms with Crippen LogP contribution in [0.15, 0.2) is 42.0 Å². The summed E-state index contributed by atoms with van der Waals surface area (Å²) < 4.78 is 0. The van der Waals surface area contributed by atoms with Crippen LogP contribution in [-0.4, -0.2) is 46.7 Å². The number of urea groups is 1. The molecule has 1 saturated carbocycles. The van der Waals surface area contributed by atoms with Gasteiger partial charge < -0.3 is 4.90 Å². The summed E-state index contributed by atoms with van der Waals surface area (Å²) in [6.45, 7) is 6.12. The maximum atomic E-state index is 13.4. The van der Waals surface area contributed by atoms with Crippen LogP contribution >= 0.6 is 0 Å². The second kappa shape index (κ2) is 5.78. The Morgan fingerprint density at radius 1 is 1.15 bits per heavy atom. The second-order valence-electron chi connectivity index (χ2n) is 8.80. The van der Waals surface area contributed by atoms with Gasteiger partial charge >= 0.3 is 6.03 Å². The van der Waals surface area contributed by atoms with E-state index in [2.05, 4.69) is 19.9 Å². The molecule has 3 amide bonds. The van der Waals surface area contributed by atoms with Crippen molar-refractivity contribution in [3.8, 4) is 0 Å². The highest BCUT2D eigenvalue weighted by Gasteiger charge is 2.62. The van der Waals surface area contributed by atoms with Gasteiger partial charge in [0.25, 0.3) is 5.91 Å². The predicted molar refractivity (Wildman–Crippen MR) is 102 cm³/mol. The topological polar surface area (TPSA) is 57.7 Å². The number of rotatable bonds is 4. The molecule has 0 N–H and O–H groups in total. The smallest absolute Gasteiger partial charge is 0.309 e. The molecule has 1 saturated heterocycles. The zero-order chi connectivity index (χ0) is 19.6. The lowest BCUT2D eigenvalue weighted by molar-refractivity contribution is -0.132. The van der Waals surface area contributed by atoms with Crippen molar-refractivity contribution in [1.82, 2.24) is 9.80 Å². The quantitative estimate of drug-likeness (QED) is 0.465. The third-order valence-electron chi connectivity index (χ3n) is 7.28. The van der Waals surface area contributed by atoms with Crippen LogP contribution in [0.2, 0.25) is 0 Å². The number of nitrogens with zero attached hydrogens (tertiary/aromatic N) is 2. The SMILES string of the molecule is CN1C(=O)N(CC(=O)c2ccccc2)C(=O)C1(C)C1=CCC2CC1C2(C)C. The summed E-state index contributed by atoms with van der Waals surface area (Å²) in [6.07, 6.45) is 4.19. The molecule has 5 rings (SSSR count). The van der Waals surface area contributed by atoms with Crippen LogP contribution in [0.4, 0.5) is 4.79 Å². The van der Waals surface area contributed by atoms with Crippen LogP contribution in [0.1, 0.15) is 44.0 Å². The highest BCUT2D eigenvalue weighted by molar-refractivity contribution is 6.12. The summed E-state index contributed by atoms with van der Waals surface area (Å²) in [6, 6.07) is 8.40. The third-order valence-corrected chi connectivity index (χ3v) is 7.28. The molecule has 0 aromatic heterocycles. The zero-order valence-corrected chi connectivity index (χ0v) is 16.4. The Labute approximate surface area is 160 Å². The highest BCUT2D eigenvalue weighted by Crippen LogP contribution is 2.62. The molecule has 3 aliphatic carbocycles. The molecule has 3 atom stereocenters. The average molecular weight is 366 g/mol. The Kier molecular flexibility index (Phi) is 3.85. The largest absolute Gasteiger partial charge is 0.328 e. The van der Waals surface area contributed by atoms with Gasteiger partial charge in [0.05, 0.1) is 6.54 Å². The Morgan fingerprint density at radius 3 is 2.41 bits per heavy atom. The van der Waals surface area contributed by atoms with Crippen LogP contribution < -0.4 is 0 Å². The lowest BCUT2D eigenvalue weighted by Crippen LogP contribution is -2.57. The van der Waals surface area contributed by atoms with Gasteiger partial charge in [0.15, 0.2) is 5.78 Å². The second-order valence-corrected chi connectivity index (χ2v) is 8.80. The molecule has 27 heavy (non-hydrogen) atoms. The highest BCUT2D eigenvalue weighted by atomic mass is 16.2. The van der Waals surface area contributed by atoms with E-state index in [9.17, 15) is 14.4 Å². The first-order valence-electron chi connectivity index (χ1n) is 9.57. The van der Waals surface area contributed by atoms with Gasteiger partial charge in [-0.1, -0.05) is 50.3 Å². The summed E-state index contributed by atoms with van der Waals surface area (Å²) >= 11 is 0. The van der Waals surface area contributed by atoms with Gasteiger partial charge in [-0.05, 0) is 42.6 Å². The van der Waals surface area contributed by atoms with Crippen molar-refractivity contribution in [1.29, 1.82) is 0 Å². The fourth-order valence-corrected chi connectivity index (χ4v) is 5.07. The van der Waals surface area contributed by atoms with Crippen molar-refractivity contribution in [2.24, 2.45) is 17.3 Å². The van der Waals surface area contributed by atoms with Gasteiger partial charge in [0.1, 0.15) is 5.54 Å². The zero-order valence-electron chi connectivity index (χ0n) is 16.4. The number of amides is 3. The van der Waals surface area contributed by atoms with Crippen molar-refractivity contribution < 1.29 is 14.4 Å². The molecule has 2 bridgehead atoms. The maximum Gasteiger partial charge on any atom is 0.328 e. The molecule has 1 aromatic carbocycles. The number of benzene rings is 1. The minimum absolute atomic E-state index is 0.157. The van der Waals surface area contributed by atoms with E-state index >= 15 is 0 Å². The number of imide groups is 1. The van der Waals surface area contributed by atoms with Crippen molar-refractivity contribution in [2.45, 2.75) is 39.2 Å². The van der Waals surface area contributed by atoms with Gasteiger partial charge in [-0.25, -0.2) is 4.79 Å². The van der Waals surface area contributed by atoms with Gasteiger partial charge in [-0.15, -0.1) is 0 Å². The van der Waals surface area contributed by atoms with Crippen LogP contribution in [0, 0.1) is 17.3 Å². The number of fused-ring (bicyclic) bond motifs is 1. The number of carbonyl (C=O) groups is 3. The normalized spacial score (nSPS) is 31.6. The lowest BCUT2D eigenvalue weighted by atomic mass is 9.47. The van der Waals surface area contributed by atoms with E-state index in [-0.39, 0.29) is 23.7 Å². The number of allylic oxidation sites excluding steroid dienone is 1. The molecule has 3 unspecified atom stereocenters. The van der Waals surface area contributed by atoms with Crippen molar-refractivity contribution >= 4 is 17.7 Å². The van der Waals surface area contributed by atoms with Crippen molar-refractivity contribution in [2.75, 3.05) is 13.6 Å². The molecule has 1 aliphatic heterocycles. The lowest BCUT2D eigenvalue weighted by Gasteiger charge is -2.59. The Hall–Kier alpha value is -2.43. The first kappa shape index (κ1) is 18.0. The minimum Gasteiger partial charge on any atom is -0.309 e. The van der Waals surface area contributed by atoms with Crippen LogP contribution in [-0.2, 0) is 4.79 Å². The molecule has 142 valence electrons. The van der Waals surface area contributed by atoms with Gasteiger partial charge in [0.2, 0.25) is 0 Å². The molecule has 1 heterocycles. The summed E-state index contributed by atoms with van der Waals surface area (Å²) in [5, 5.41) is 0. The molecule has 5 nitrogen and oxygen atoms in total. The standard InChI is InChI=1S/C22H26N2O3/c1-21(2)15-10-11-16(17(21)12-15)22(3)19(26)24(20(27)23(22)4)13-18(25)14-8-6-5-7-9-14/h5-9,11,15,17H,10,12-13H2,1-4H3. The maximum absolute atomic E-state index is 13.4. The van der Waals surface area contributed by atoms with Gasteiger partial charge in [-0.2, -0.15) is 0 Å². The van der Waals surface area contributed by atoms with E-state index < -0.39 is 11.6 Å². The van der Waals surface area contributed by atoms with Gasteiger partial charge in [0, 0.05) is 12.6 Å². The van der Waals surface area contributed by atoms with E-state index in [1.165, 1.54) is 4.90 Å². The van der Waals surface area contributed by atoms with Crippen LogP contribution in [0.5, 0.6) is 0 Å². The van der Waals surface area contributed by atoms with E-state index in [0.717, 1.165) is 23.3 Å². The average Bonchev–Trinajstić information content (AvgIpc) is 2.84. The summed E-state index contributed by atoms with van der Waals surface area (Å²) in [5.41, 5.74) is 0.714. The minimum atomic E-state index is -0.999. The Morgan fingerprint density at radius 2 is 1.81 bits per heavy atom. The van der Waals surface area contributed by atoms with E-state index in [1.807, 2.05) is 13.0 Å².